The van der Waals surface area contributed by atoms with Crippen LogP contribution in [0.1, 0.15) is 0 Å². The van der Waals surface area contributed by atoms with Crippen molar-refractivity contribution >= 4 is 57.6 Å². The molecule has 0 unspecified atom stereocenters. The first-order chi connectivity index (χ1) is 9.24. The lowest BCUT2D eigenvalue weighted by Gasteiger charge is -1.98. The van der Waals surface area contributed by atoms with Crippen LogP contribution in [0.15, 0.2) is 52.9 Å². The number of halogens is 1. The zero-order valence-electron chi connectivity index (χ0n) is 10.4. The number of hydrogen-bond donors (Lipinski definition) is 0. The summed E-state index contributed by atoms with van der Waals surface area (Å²) < 4.78 is 5.99. The summed E-state index contributed by atoms with van der Waals surface area (Å²) in [6.45, 7) is 0. The Morgan fingerprint density at radius 1 is 0.947 bits per heavy atom. The number of furan rings is 1. The monoisotopic (exact) mass is 264 g/mol. The highest BCUT2D eigenvalue weighted by atomic mass is 35.5. The van der Waals surface area contributed by atoms with Crippen molar-refractivity contribution in [3.8, 4) is 0 Å². The van der Waals surface area contributed by atoms with Gasteiger partial charge < -0.3 is 4.42 Å². The summed E-state index contributed by atoms with van der Waals surface area (Å²) in [7, 11) is 2.04. The van der Waals surface area contributed by atoms with E-state index in [1.807, 2.05) is 32.1 Å². The molecule has 0 aliphatic carbocycles. The van der Waals surface area contributed by atoms with Gasteiger partial charge in [-0.05, 0) is 34.4 Å². The first kappa shape index (κ1) is 10.9. The molecule has 4 aromatic rings. The van der Waals surface area contributed by atoms with E-state index < -0.39 is 0 Å². The highest BCUT2D eigenvalue weighted by molar-refractivity contribution is 6.44. The summed E-state index contributed by atoms with van der Waals surface area (Å²) in [5, 5.41) is 5.23. The van der Waals surface area contributed by atoms with Crippen molar-refractivity contribution in [3.05, 3.63) is 53.6 Å². The lowest BCUT2D eigenvalue weighted by Crippen LogP contribution is -2.01. The molecule has 0 aliphatic heterocycles. The van der Waals surface area contributed by atoms with Crippen molar-refractivity contribution in [2.24, 2.45) is 0 Å². The second kappa shape index (κ2) is 3.78. The van der Waals surface area contributed by atoms with Crippen LogP contribution in [-0.2, 0) is 0 Å². The van der Waals surface area contributed by atoms with Gasteiger partial charge in [-0.25, -0.2) is 0 Å². The zero-order valence-corrected chi connectivity index (χ0v) is 11.2. The lowest BCUT2D eigenvalue weighted by atomic mass is 9.94. The van der Waals surface area contributed by atoms with E-state index in [9.17, 15) is 0 Å². The molecule has 1 aromatic heterocycles. The quantitative estimate of drug-likeness (QED) is 0.442. The molecule has 0 bridgehead atoms. The van der Waals surface area contributed by atoms with Crippen molar-refractivity contribution in [3.63, 3.8) is 0 Å². The molecule has 1 heterocycles. The average molecular weight is 265 g/mol. The van der Waals surface area contributed by atoms with Gasteiger partial charge in [0, 0.05) is 10.8 Å². The van der Waals surface area contributed by atoms with Gasteiger partial charge in [-0.2, -0.15) is 0 Å². The maximum atomic E-state index is 6.34. The highest BCUT2D eigenvalue weighted by Crippen LogP contribution is 2.35. The Hall–Kier alpha value is -1.93. The van der Waals surface area contributed by atoms with E-state index in [1.54, 1.807) is 0 Å². The number of hydrogen-bond acceptors (Lipinski definition) is 1. The van der Waals surface area contributed by atoms with Crippen LogP contribution in [0.5, 0.6) is 0 Å². The predicted octanol–water partition coefficient (Wildman–Crippen LogP) is 3.65. The van der Waals surface area contributed by atoms with Crippen LogP contribution in [0.2, 0.25) is 5.02 Å². The van der Waals surface area contributed by atoms with Crippen molar-refractivity contribution in [2.75, 3.05) is 0 Å². The molecule has 0 fully saturated rings. The van der Waals surface area contributed by atoms with Gasteiger partial charge in [-0.1, -0.05) is 41.9 Å². The topological polar surface area (TPSA) is 13.1 Å². The smallest absolute Gasteiger partial charge is 0.144 e. The fourth-order valence-electron chi connectivity index (χ4n) is 2.65. The highest BCUT2D eigenvalue weighted by Gasteiger charge is 2.12. The number of benzene rings is 3. The maximum Gasteiger partial charge on any atom is 0.144 e. The normalized spacial score (nSPS) is 11.6. The van der Waals surface area contributed by atoms with Crippen LogP contribution in [0.3, 0.4) is 0 Å². The van der Waals surface area contributed by atoms with Crippen LogP contribution >= 0.6 is 11.6 Å². The van der Waals surface area contributed by atoms with E-state index in [1.165, 1.54) is 10.8 Å². The van der Waals surface area contributed by atoms with E-state index in [4.69, 9.17) is 16.0 Å². The molecule has 4 rings (SSSR count). The number of rotatable bonds is 0. The Labute approximate surface area is 116 Å². The minimum atomic E-state index is 0.745. The molecule has 0 spiro atoms. The van der Waals surface area contributed by atoms with Crippen molar-refractivity contribution in [2.45, 2.75) is 0 Å². The molecule has 0 amide bonds. The van der Waals surface area contributed by atoms with Crippen molar-refractivity contribution in [1.29, 1.82) is 0 Å². The van der Waals surface area contributed by atoms with Gasteiger partial charge >= 0.3 is 0 Å². The van der Waals surface area contributed by atoms with Gasteiger partial charge in [0.2, 0.25) is 0 Å². The fraction of sp³-hybridized carbons (Fsp3) is 0. The first-order valence-electron chi connectivity index (χ1n) is 6.24. The fourth-order valence-corrected chi connectivity index (χ4v) is 2.91. The molecule has 1 nitrogen and oxygen atoms in total. The third kappa shape index (κ3) is 1.50. The number of fused-ring (bicyclic) bond motifs is 4. The Morgan fingerprint density at radius 2 is 1.68 bits per heavy atom. The van der Waals surface area contributed by atoms with Gasteiger partial charge in [-0.15, -0.1) is 0 Å². The van der Waals surface area contributed by atoms with E-state index in [0.29, 0.717) is 0 Å². The van der Waals surface area contributed by atoms with Crippen LogP contribution < -0.4 is 5.46 Å². The largest absolute Gasteiger partial charge is 0.457 e. The SMILES string of the molecule is Bc1ccc(Cl)c2c1oc1cc3ccccc3cc12. The standard InChI is InChI=1S/C16H10BClO/c17-12-5-6-13(18)15-11-7-9-3-1-2-4-10(9)8-14(11)19-16(12)15/h1-8H,17H2. The molecule has 90 valence electrons. The summed E-state index contributed by atoms with van der Waals surface area (Å²) >= 11 is 6.34. The van der Waals surface area contributed by atoms with Gasteiger partial charge in [0.05, 0.1) is 5.02 Å². The Bertz CT molecular complexity index is 940. The first-order valence-corrected chi connectivity index (χ1v) is 6.62. The molecule has 3 aromatic carbocycles. The van der Waals surface area contributed by atoms with Crippen LogP contribution in [0.25, 0.3) is 32.7 Å². The van der Waals surface area contributed by atoms with Gasteiger partial charge in [0.15, 0.2) is 0 Å². The van der Waals surface area contributed by atoms with Crippen LogP contribution in [-0.4, -0.2) is 7.85 Å². The van der Waals surface area contributed by atoms with E-state index in [-0.39, 0.29) is 0 Å². The van der Waals surface area contributed by atoms with E-state index in [0.717, 1.165) is 32.4 Å². The van der Waals surface area contributed by atoms with Crippen molar-refractivity contribution < 1.29 is 4.42 Å². The van der Waals surface area contributed by atoms with Crippen LogP contribution in [0, 0.1) is 0 Å². The summed E-state index contributed by atoms with van der Waals surface area (Å²) in [6, 6.07) is 16.4. The molecule has 3 heteroatoms. The summed E-state index contributed by atoms with van der Waals surface area (Å²) in [4.78, 5) is 0. The molecular weight excluding hydrogens is 254 g/mol. The molecule has 0 N–H and O–H groups in total. The maximum absolute atomic E-state index is 6.34. The Kier molecular flexibility index (Phi) is 2.18. The lowest BCUT2D eigenvalue weighted by molar-refractivity contribution is 0.672. The molecule has 0 saturated heterocycles. The third-order valence-electron chi connectivity index (χ3n) is 3.63. The Morgan fingerprint density at radius 3 is 2.47 bits per heavy atom. The zero-order chi connectivity index (χ0) is 13.0. The van der Waals surface area contributed by atoms with Gasteiger partial charge in [0.1, 0.15) is 19.0 Å². The summed E-state index contributed by atoms with van der Waals surface area (Å²) in [5.41, 5.74) is 2.89. The summed E-state index contributed by atoms with van der Waals surface area (Å²) in [5.74, 6) is 0. The molecule has 19 heavy (non-hydrogen) atoms. The van der Waals surface area contributed by atoms with E-state index >= 15 is 0 Å². The molecular formula is C16H10BClO. The second-order valence-electron chi connectivity index (χ2n) is 4.87. The van der Waals surface area contributed by atoms with Gasteiger partial charge in [0.25, 0.3) is 0 Å². The minimum absolute atomic E-state index is 0.745. The average Bonchev–Trinajstić information content (AvgIpc) is 2.80. The molecule has 0 saturated carbocycles. The van der Waals surface area contributed by atoms with Gasteiger partial charge in [-0.3, -0.25) is 0 Å². The molecule has 0 atom stereocenters. The molecule has 0 radical (unpaired) electrons. The second-order valence-corrected chi connectivity index (χ2v) is 5.27. The van der Waals surface area contributed by atoms with E-state index in [2.05, 4.69) is 24.3 Å². The molecule has 0 aliphatic rings. The Balaban J connectivity index is 2.30. The van der Waals surface area contributed by atoms with Crippen molar-refractivity contribution in [1.82, 2.24) is 0 Å². The third-order valence-corrected chi connectivity index (χ3v) is 3.95. The summed E-state index contributed by atoms with van der Waals surface area (Å²) in [6.07, 6.45) is 0. The predicted molar refractivity (Wildman–Crippen MR) is 84.4 cm³/mol. The minimum Gasteiger partial charge on any atom is -0.457 e. The van der Waals surface area contributed by atoms with Crippen LogP contribution in [0.4, 0.5) is 0 Å².